The maximum Gasteiger partial charge on any atom is 0.169 e. The van der Waals surface area contributed by atoms with Gasteiger partial charge in [-0.25, -0.2) is 0 Å². The van der Waals surface area contributed by atoms with E-state index in [1.165, 1.54) is 24.3 Å². The van der Waals surface area contributed by atoms with Gasteiger partial charge in [0.1, 0.15) is 6.54 Å². The standard InChI is InChI=1S/C11H16BrNO2/c12-11-4-3-10(15-11)7-13-5-1-2-9(6-13)8-14/h3-4,9,14H,1-2,5-8H2/p+1/t9-/m0/s1. The van der Waals surface area contributed by atoms with Crippen LogP contribution in [0.15, 0.2) is 21.2 Å². The van der Waals surface area contributed by atoms with Gasteiger partial charge in [-0.3, -0.25) is 0 Å². The van der Waals surface area contributed by atoms with Crippen LogP contribution in [0.5, 0.6) is 0 Å². The van der Waals surface area contributed by atoms with Gasteiger partial charge in [0, 0.05) is 5.92 Å². The number of likely N-dealkylation sites (tertiary alicyclic amines) is 1. The molecule has 0 radical (unpaired) electrons. The number of halogens is 1. The van der Waals surface area contributed by atoms with Crippen LogP contribution in [0.4, 0.5) is 0 Å². The van der Waals surface area contributed by atoms with Crippen molar-refractivity contribution in [1.29, 1.82) is 0 Å². The minimum absolute atomic E-state index is 0.325. The van der Waals surface area contributed by atoms with E-state index in [0.29, 0.717) is 12.5 Å². The molecule has 1 aliphatic rings. The van der Waals surface area contributed by atoms with Crippen molar-refractivity contribution >= 4 is 15.9 Å². The Morgan fingerprint density at radius 1 is 1.53 bits per heavy atom. The molecule has 0 aliphatic carbocycles. The number of quaternary nitrogens is 1. The fourth-order valence-electron chi connectivity index (χ4n) is 2.26. The Labute approximate surface area is 98.2 Å². The number of aliphatic hydroxyl groups excluding tert-OH is 1. The van der Waals surface area contributed by atoms with Crippen molar-refractivity contribution in [3.05, 3.63) is 22.6 Å². The number of hydrogen-bond donors (Lipinski definition) is 2. The molecule has 2 heterocycles. The largest absolute Gasteiger partial charge is 0.448 e. The first-order valence-electron chi connectivity index (χ1n) is 5.46. The van der Waals surface area contributed by atoms with E-state index in [-0.39, 0.29) is 0 Å². The Kier molecular flexibility index (Phi) is 3.83. The number of nitrogens with one attached hydrogen (secondary N) is 1. The van der Waals surface area contributed by atoms with Crippen LogP contribution in [-0.4, -0.2) is 24.8 Å². The fourth-order valence-corrected chi connectivity index (χ4v) is 2.60. The summed E-state index contributed by atoms with van der Waals surface area (Å²) in [5, 5.41) is 9.13. The van der Waals surface area contributed by atoms with Gasteiger partial charge in [-0.15, -0.1) is 0 Å². The molecular formula is C11H17BrNO2+. The normalized spacial score (nSPS) is 26.8. The highest BCUT2D eigenvalue weighted by Crippen LogP contribution is 2.13. The average molecular weight is 275 g/mol. The van der Waals surface area contributed by atoms with Crippen LogP contribution in [0.2, 0.25) is 0 Å². The molecule has 15 heavy (non-hydrogen) atoms. The number of furan rings is 1. The van der Waals surface area contributed by atoms with Crippen molar-refractivity contribution in [2.75, 3.05) is 19.7 Å². The van der Waals surface area contributed by atoms with Gasteiger partial charge in [0.25, 0.3) is 0 Å². The SMILES string of the molecule is OC[C@H]1CCC[NH+](Cc2ccc(Br)o2)C1. The minimum atomic E-state index is 0.325. The number of hydrogen-bond acceptors (Lipinski definition) is 2. The second-order valence-electron chi connectivity index (χ2n) is 4.28. The summed E-state index contributed by atoms with van der Waals surface area (Å²) in [5.41, 5.74) is 0. The van der Waals surface area contributed by atoms with Gasteiger partial charge in [-0.05, 0) is 40.9 Å². The van der Waals surface area contributed by atoms with Crippen molar-refractivity contribution in [1.82, 2.24) is 0 Å². The number of aliphatic hydroxyl groups is 1. The zero-order chi connectivity index (χ0) is 10.7. The highest BCUT2D eigenvalue weighted by Gasteiger charge is 2.23. The number of rotatable bonds is 3. The highest BCUT2D eigenvalue weighted by atomic mass is 79.9. The predicted octanol–water partition coefficient (Wildman–Crippen LogP) is 0.829. The average Bonchev–Trinajstić information content (AvgIpc) is 2.64. The summed E-state index contributed by atoms with van der Waals surface area (Å²) < 4.78 is 6.29. The molecule has 0 aromatic carbocycles. The third-order valence-corrected chi connectivity index (χ3v) is 3.46. The molecule has 84 valence electrons. The first-order valence-corrected chi connectivity index (χ1v) is 6.26. The third-order valence-electron chi connectivity index (χ3n) is 3.03. The molecular weight excluding hydrogens is 258 g/mol. The molecule has 1 unspecified atom stereocenters. The molecule has 1 saturated heterocycles. The monoisotopic (exact) mass is 274 g/mol. The molecule has 0 spiro atoms. The molecule has 2 rings (SSSR count). The Bertz CT molecular complexity index is 313. The van der Waals surface area contributed by atoms with Gasteiger partial charge in [-0.1, -0.05) is 0 Å². The summed E-state index contributed by atoms with van der Waals surface area (Å²) in [4.78, 5) is 1.52. The molecule has 1 aromatic heterocycles. The Balaban J connectivity index is 1.88. The zero-order valence-electron chi connectivity index (χ0n) is 8.71. The lowest BCUT2D eigenvalue weighted by Gasteiger charge is -2.28. The third kappa shape index (κ3) is 3.06. The fraction of sp³-hybridized carbons (Fsp3) is 0.636. The molecule has 3 nitrogen and oxygen atoms in total. The van der Waals surface area contributed by atoms with Crippen molar-refractivity contribution in [3.63, 3.8) is 0 Å². The lowest BCUT2D eigenvalue weighted by atomic mass is 9.99. The van der Waals surface area contributed by atoms with Crippen LogP contribution >= 0.6 is 15.9 Å². The van der Waals surface area contributed by atoms with E-state index >= 15 is 0 Å². The van der Waals surface area contributed by atoms with E-state index < -0.39 is 0 Å². The quantitative estimate of drug-likeness (QED) is 0.857. The lowest BCUT2D eigenvalue weighted by molar-refractivity contribution is -0.923. The van der Waals surface area contributed by atoms with Crippen molar-refractivity contribution in [2.45, 2.75) is 19.4 Å². The van der Waals surface area contributed by atoms with Gasteiger partial charge >= 0.3 is 0 Å². The Hall–Kier alpha value is -0.320. The summed E-state index contributed by atoms with van der Waals surface area (Å²) >= 11 is 3.31. The summed E-state index contributed by atoms with van der Waals surface area (Å²) in [6.07, 6.45) is 2.38. The van der Waals surface area contributed by atoms with Gasteiger partial charge in [-0.2, -0.15) is 0 Å². The summed E-state index contributed by atoms with van der Waals surface area (Å²) in [6.45, 7) is 3.51. The molecule has 2 atom stereocenters. The predicted molar refractivity (Wildman–Crippen MR) is 60.6 cm³/mol. The smallest absolute Gasteiger partial charge is 0.169 e. The lowest BCUT2D eigenvalue weighted by Crippen LogP contribution is -3.12. The highest BCUT2D eigenvalue weighted by molar-refractivity contribution is 9.10. The maximum absolute atomic E-state index is 9.13. The van der Waals surface area contributed by atoms with E-state index in [1.807, 2.05) is 12.1 Å². The summed E-state index contributed by atoms with van der Waals surface area (Å²) in [5.74, 6) is 1.50. The topological polar surface area (TPSA) is 37.8 Å². The number of piperidine rings is 1. The van der Waals surface area contributed by atoms with Crippen LogP contribution in [0.25, 0.3) is 0 Å². The van der Waals surface area contributed by atoms with E-state index in [9.17, 15) is 0 Å². The minimum Gasteiger partial charge on any atom is -0.448 e. The first kappa shape index (κ1) is 11.2. The van der Waals surface area contributed by atoms with E-state index in [0.717, 1.165) is 23.5 Å². The Morgan fingerprint density at radius 3 is 3.07 bits per heavy atom. The van der Waals surface area contributed by atoms with Crippen LogP contribution in [0.1, 0.15) is 18.6 Å². The van der Waals surface area contributed by atoms with Crippen LogP contribution in [-0.2, 0) is 6.54 Å². The van der Waals surface area contributed by atoms with Crippen molar-refractivity contribution in [3.8, 4) is 0 Å². The van der Waals surface area contributed by atoms with Gasteiger partial charge in [0.05, 0.1) is 19.7 Å². The first-order chi connectivity index (χ1) is 7.28. The maximum atomic E-state index is 9.13. The van der Waals surface area contributed by atoms with Crippen LogP contribution < -0.4 is 4.90 Å². The molecule has 1 aliphatic heterocycles. The molecule has 1 fully saturated rings. The van der Waals surface area contributed by atoms with Gasteiger partial charge in [0.15, 0.2) is 10.4 Å². The second-order valence-corrected chi connectivity index (χ2v) is 5.06. The van der Waals surface area contributed by atoms with Gasteiger partial charge < -0.3 is 14.4 Å². The molecule has 0 amide bonds. The van der Waals surface area contributed by atoms with Crippen molar-refractivity contribution < 1.29 is 14.4 Å². The summed E-state index contributed by atoms with van der Waals surface area (Å²) in [7, 11) is 0. The van der Waals surface area contributed by atoms with E-state index in [4.69, 9.17) is 9.52 Å². The molecule has 1 aromatic rings. The molecule has 2 N–H and O–H groups in total. The Morgan fingerprint density at radius 2 is 2.40 bits per heavy atom. The van der Waals surface area contributed by atoms with Crippen LogP contribution in [0, 0.1) is 5.92 Å². The second kappa shape index (κ2) is 5.14. The summed E-state index contributed by atoms with van der Waals surface area (Å²) in [6, 6.07) is 3.95. The van der Waals surface area contributed by atoms with Crippen LogP contribution in [0.3, 0.4) is 0 Å². The molecule has 4 heteroatoms. The molecule has 0 bridgehead atoms. The van der Waals surface area contributed by atoms with E-state index in [1.54, 1.807) is 0 Å². The van der Waals surface area contributed by atoms with Crippen molar-refractivity contribution in [2.24, 2.45) is 5.92 Å². The molecule has 0 saturated carbocycles. The zero-order valence-corrected chi connectivity index (χ0v) is 10.3. The van der Waals surface area contributed by atoms with Gasteiger partial charge in [0.2, 0.25) is 0 Å². The van der Waals surface area contributed by atoms with E-state index in [2.05, 4.69) is 15.9 Å².